The van der Waals surface area contributed by atoms with Crippen LogP contribution in [0.1, 0.15) is 41.6 Å². The molecule has 170 valence electrons. The molecule has 5 rings (SSSR count). The summed E-state index contributed by atoms with van der Waals surface area (Å²) >= 11 is 6.54. The number of piperidine rings is 1. The summed E-state index contributed by atoms with van der Waals surface area (Å²) in [6, 6.07) is 13.1. The van der Waals surface area contributed by atoms with Crippen LogP contribution in [0, 0.1) is 5.92 Å². The molecule has 6 heteroatoms. The molecule has 1 N–H and O–H groups in total. The summed E-state index contributed by atoms with van der Waals surface area (Å²) in [5.41, 5.74) is 4.51. The predicted octanol–water partition coefficient (Wildman–Crippen LogP) is 6.06. The van der Waals surface area contributed by atoms with E-state index in [0.29, 0.717) is 35.3 Å². The third-order valence-corrected chi connectivity index (χ3v) is 7.17. The summed E-state index contributed by atoms with van der Waals surface area (Å²) in [6.45, 7) is 2.06. The second-order valence-corrected chi connectivity index (χ2v) is 9.39. The van der Waals surface area contributed by atoms with E-state index in [0.717, 1.165) is 44.3 Å². The minimum absolute atomic E-state index is 0.105. The fourth-order valence-electron chi connectivity index (χ4n) is 5.01. The number of nitrogens with one attached hydrogen (secondary N) is 1. The van der Waals surface area contributed by atoms with Crippen molar-refractivity contribution in [1.29, 1.82) is 0 Å². The van der Waals surface area contributed by atoms with E-state index < -0.39 is 0 Å². The van der Waals surface area contributed by atoms with Crippen molar-refractivity contribution in [2.75, 3.05) is 29.9 Å². The first-order chi connectivity index (χ1) is 16.1. The van der Waals surface area contributed by atoms with Gasteiger partial charge in [0.05, 0.1) is 10.6 Å². The number of anilines is 2. The molecule has 1 unspecified atom stereocenters. The van der Waals surface area contributed by atoms with E-state index in [9.17, 15) is 9.59 Å². The number of nitrogens with zero attached hydrogens (tertiary/aromatic N) is 2. The monoisotopic (exact) mass is 461 g/mol. The van der Waals surface area contributed by atoms with Gasteiger partial charge in [-0.3, -0.25) is 4.79 Å². The lowest BCUT2D eigenvalue weighted by atomic mass is 9.85. The van der Waals surface area contributed by atoms with Crippen LogP contribution in [0.15, 0.2) is 66.3 Å². The third-order valence-electron chi connectivity index (χ3n) is 6.86. The van der Waals surface area contributed by atoms with Crippen LogP contribution in [-0.2, 0) is 6.42 Å². The highest BCUT2D eigenvalue weighted by Crippen LogP contribution is 2.31. The molecule has 1 fully saturated rings. The molecule has 1 atom stereocenters. The van der Waals surface area contributed by atoms with Gasteiger partial charge >= 0.3 is 6.03 Å². The Labute approximate surface area is 199 Å². The first kappa shape index (κ1) is 21.8. The number of amides is 3. The number of carbonyl (C=O) groups excluding carboxylic acids is 2. The zero-order valence-corrected chi connectivity index (χ0v) is 19.4. The maximum atomic E-state index is 13.4. The Morgan fingerprint density at radius 3 is 2.82 bits per heavy atom. The van der Waals surface area contributed by atoms with E-state index in [1.807, 2.05) is 28.0 Å². The van der Waals surface area contributed by atoms with Crippen LogP contribution in [0.5, 0.6) is 0 Å². The molecule has 2 aliphatic heterocycles. The van der Waals surface area contributed by atoms with Gasteiger partial charge in [-0.1, -0.05) is 48.0 Å². The van der Waals surface area contributed by atoms with Crippen molar-refractivity contribution in [3.8, 4) is 0 Å². The maximum absolute atomic E-state index is 13.4. The Bertz CT molecular complexity index is 1140. The SMILES string of the molecule is O=C(Nc1ccc(C(=O)N2CCCCc3ccccc32)c(Cl)c1)N1CCC2CC=CC=C2C1. The molecule has 3 amide bonds. The topological polar surface area (TPSA) is 52.7 Å². The summed E-state index contributed by atoms with van der Waals surface area (Å²) in [7, 11) is 0. The standard InChI is InChI=1S/C27H28ClN3O2/c28-24-17-22(29-27(33)30-16-14-19-7-1-2-10-21(19)18-30)12-13-23(24)26(32)31-15-6-5-9-20-8-3-4-11-25(20)31/h1-4,8,10-13,17,19H,5-7,9,14-16,18H2,(H,29,33). The largest absolute Gasteiger partial charge is 0.322 e. The molecule has 5 nitrogen and oxygen atoms in total. The van der Waals surface area contributed by atoms with Crippen molar-refractivity contribution in [3.05, 3.63) is 82.4 Å². The smallest absolute Gasteiger partial charge is 0.320 e. The van der Waals surface area contributed by atoms with Crippen molar-refractivity contribution in [1.82, 2.24) is 4.90 Å². The van der Waals surface area contributed by atoms with Crippen molar-refractivity contribution < 1.29 is 9.59 Å². The minimum atomic E-state index is -0.138. The Balaban J connectivity index is 1.30. The lowest BCUT2D eigenvalue weighted by molar-refractivity contribution is 0.0987. The molecular weight excluding hydrogens is 434 g/mol. The molecule has 1 aliphatic carbocycles. The van der Waals surface area contributed by atoms with Crippen LogP contribution in [0.25, 0.3) is 0 Å². The molecule has 0 radical (unpaired) electrons. The van der Waals surface area contributed by atoms with E-state index in [2.05, 4.69) is 29.6 Å². The Hall–Kier alpha value is -3.05. The maximum Gasteiger partial charge on any atom is 0.322 e. The molecule has 0 bridgehead atoms. The molecule has 1 saturated heterocycles. The molecule has 0 spiro atoms. The molecular formula is C27H28ClN3O2. The summed E-state index contributed by atoms with van der Waals surface area (Å²) in [5.74, 6) is 0.453. The molecule has 2 aromatic carbocycles. The molecule has 2 heterocycles. The highest BCUT2D eigenvalue weighted by atomic mass is 35.5. The van der Waals surface area contributed by atoms with Crippen LogP contribution in [0.3, 0.4) is 0 Å². The number of benzene rings is 2. The van der Waals surface area contributed by atoms with E-state index in [4.69, 9.17) is 11.6 Å². The Morgan fingerprint density at radius 1 is 1.06 bits per heavy atom. The van der Waals surface area contributed by atoms with Gasteiger partial charge in [0, 0.05) is 31.0 Å². The van der Waals surface area contributed by atoms with Crippen molar-refractivity contribution in [2.45, 2.75) is 32.1 Å². The van der Waals surface area contributed by atoms with Gasteiger partial charge in [0.15, 0.2) is 0 Å². The van der Waals surface area contributed by atoms with E-state index >= 15 is 0 Å². The second-order valence-electron chi connectivity index (χ2n) is 8.98. The normalized spacial score (nSPS) is 19.8. The van der Waals surface area contributed by atoms with E-state index in [1.165, 1.54) is 11.1 Å². The Kier molecular flexibility index (Phi) is 6.23. The predicted molar refractivity (Wildman–Crippen MR) is 133 cm³/mol. The number of likely N-dealkylation sites (tertiary alicyclic amines) is 1. The van der Waals surface area contributed by atoms with E-state index in [-0.39, 0.29) is 11.9 Å². The van der Waals surface area contributed by atoms with Crippen LogP contribution in [0.2, 0.25) is 5.02 Å². The van der Waals surface area contributed by atoms with Gasteiger partial charge in [0.1, 0.15) is 0 Å². The van der Waals surface area contributed by atoms with Gasteiger partial charge in [-0.15, -0.1) is 0 Å². The molecule has 2 aromatic rings. The first-order valence-electron chi connectivity index (χ1n) is 11.7. The van der Waals surface area contributed by atoms with Crippen LogP contribution in [0.4, 0.5) is 16.2 Å². The highest BCUT2D eigenvalue weighted by molar-refractivity contribution is 6.35. The van der Waals surface area contributed by atoms with Gasteiger partial charge in [-0.25, -0.2) is 4.79 Å². The zero-order valence-electron chi connectivity index (χ0n) is 18.6. The minimum Gasteiger partial charge on any atom is -0.320 e. The number of rotatable bonds is 2. The van der Waals surface area contributed by atoms with Crippen LogP contribution in [-0.4, -0.2) is 36.5 Å². The number of urea groups is 1. The van der Waals surface area contributed by atoms with Gasteiger partial charge < -0.3 is 15.1 Å². The summed E-state index contributed by atoms with van der Waals surface area (Å²) in [6.07, 6.45) is 11.4. The van der Waals surface area contributed by atoms with Crippen molar-refractivity contribution in [3.63, 3.8) is 0 Å². The fraction of sp³-hybridized carbons (Fsp3) is 0.333. The number of aryl methyl sites for hydroxylation is 1. The van der Waals surface area contributed by atoms with E-state index in [1.54, 1.807) is 18.2 Å². The highest BCUT2D eigenvalue weighted by Gasteiger charge is 2.27. The summed E-state index contributed by atoms with van der Waals surface area (Å²) in [4.78, 5) is 29.9. The quantitative estimate of drug-likeness (QED) is 0.590. The summed E-state index contributed by atoms with van der Waals surface area (Å²) in [5, 5.41) is 3.30. The number of carbonyl (C=O) groups is 2. The zero-order chi connectivity index (χ0) is 22.8. The number of halogens is 1. The average Bonchev–Trinajstić information content (AvgIpc) is 3.06. The van der Waals surface area contributed by atoms with Crippen molar-refractivity contribution in [2.24, 2.45) is 5.92 Å². The van der Waals surface area contributed by atoms with Crippen LogP contribution < -0.4 is 10.2 Å². The number of para-hydroxylation sites is 1. The number of hydrogen-bond donors (Lipinski definition) is 1. The number of allylic oxidation sites excluding steroid dienone is 3. The lowest BCUT2D eigenvalue weighted by Gasteiger charge is -2.35. The second kappa shape index (κ2) is 9.44. The number of hydrogen-bond acceptors (Lipinski definition) is 2. The van der Waals surface area contributed by atoms with Crippen LogP contribution >= 0.6 is 11.6 Å². The van der Waals surface area contributed by atoms with Crippen molar-refractivity contribution >= 4 is 34.9 Å². The van der Waals surface area contributed by atoms with Gasteiger partial charge in [-0.2, -0.15) is 0 Å². The molecule has 0 aromatic heterocycles. The third kappa shape index (κ3) is 4.55. The first-order valence-corrected chi connectivity index (χ1v) is 12.1. The molecule has 0 saturated carbocycles. The van der Waals surface area contributed by atoms with Gasteiger partial charge in [-0.05, 0) is 73.4 Å². The molecule has 33 heavy (non-hydrogen) atoms. The summed E-state index contributed by atoms with van der Waals surface area (Å²) < 4.78 is 0. The van der Waals surface area contributed by atoms with Gasteiger partial charge in [0.25, 0.3) is 5.91 Å². The molecule has 3 aliphatic rings. The number of fused-ring (bicyclic) bond motifs is 2. The lowest BCUT2D eigenvalue weighted by Crippen LogP contribution is -2.42. The Morgan fingerprint density at radius 2 is 1.94 bits per heavy atom. The van der Waals surface area contributed by atoms with Gasteiger partial charge in [0.2, 0.25) is 0 Å². The average molecular weight is 462 g/mol. The fourth-order valence-corrected chi connectivity index (χ4v) is 5.27.